The summed E-state index contributed by atoms with van der Waals surface area (Å²) in [5.74, 6) is 0.634. The normalized spacial score (nSPS) is 11.8. The zero-order chi connectivity index (χ0) is 22.1. The van der Waals surface area contributed by atoms with Gasteiger partial charge in [0.1, 0.15) is 11.5 Å². The van der Waals surface area contributed by atoms with Gasteiger partial charge in [0.15, 0.2) is 0 Å². The standard InChI is InChI=1S/C24H26N2O4S/c1-2-3-9-18-30-20-14-16-21(17-15-20)31(28,29)26-23-13-8-7-12-22(23)24(25-27)19-10-5-4-6-11-19/h4-8,10-17,26-27H,2-3,9,18H2,1H3/b25-24+. The molecule has 162 valence electrons. The molecular formula is C24H26N2O4S. The van der Waals surface area contributed by atoms with Gasteiger partial charge >= 0.3 is 0 Å². The molecule has 0 saturated heterocycles. The number of unbranched alkanes of at least 4 members (excludes halogenated alkanes) is 2. The lowest BCUT2D eigenvalue weighted by atomic mass is 10.0. The molecule has 3 aromatic rings. The van der Waals surface area contributed by atoms with Gasteiger partial charge in [0, 0.05) is 11.1 Å². The van der Waals surface area contributed by atoms with E-state index in [2.05, 4.69) is 16.8 Å². The Kier molecular flexibility index (Phi) is 7.67. The van der Waals surface area contributed by atoms with Crippen LogP contribution in [0.1, 0.15) is 37.3 Å². The Morgan fingerprint density at radius 3 is 2.29 bits per heavy atom. The number of sulfonamides is 1. The van der Waals surface area contributed by atoms with Crippen molar-refractivity contribution in [2.45, 2.75) is 31.1 Å². The van der Waals surface area contributed by atoms with Crippen LogP contribution in [-0.4, -0.2) is 25.9 Å². The average Bonchev–Trinajstić information content (AvgIpc) is 2.79. The quantitative estimate of drug-likeness (QED) is 0.195. The van der Waals surface area contributed by atoms with Gasteiger partial charge in [-0.25, -0.2) is 8.42 Å². The van der Waals surface area contributed by atoms with Crippen molar-refractivity contribution in [2.75, 3.05) is 11.3 Å². The van der Waals surface area contributed by atoms with Gasteiger partial charge in [-0.15, -0.1) is 0 Å². The number of oxime groups is 1. The van der Waals surface area contributed by atoms with E-state index in [0.717, 1.165) is 19.3 Å². The Hall–Kier alpha value is -3.32. The maximum atomic E-state index is 13.0. The fourth-order valence-electron chi connectivity index (χ4n) is 3.10. The summed E-state index contributed by atoms with van der Waals surface area (Å²) < 4.78 is 34.2. The molecule has 0 heterocycles. The largest absolute Gasteiger partial charge is 0.494 e. The highest BCUT2D eigenvalue weighted by molar-refractivity contribution is 7.92. The number of anilines is 1. The third kappa shape index (κ3) is 5.86. The Bertz CT molecular complexity index is 1110. The number of benzene rings is 3. The van der Waals surface area contributed by atoms with Gasteiger partial charge in [-0.1, -0.05) is 73.5 Å². The SMILES string of the molecule is CCCCCOc1ccc(S(=O)(=O)Nc2ccccc2/C(=N/O)c2ccccc2)cc1. The van der Waals surface area contributed by atoms with E-state index in [1.54, 1.807) is 48.5 Å². The van der Waals surface area contributed by atoms with Crippen molar-refractivity contribution in [1.82, 2.24) is 0 Å². The lowest BCUT2D eigenvalue weighted by Crippen LogP contribution is -2.16. The van der Waals surface area contributed by atoms with Crippen LogP contribution in [0.3, 0.4) is 0 Å². The van der Waals surface area contributed by atoms with Crippen LogP contribution in [0, 0.1) is 0 Å². The van der Waals surface area contributed by atoms with Crippen molar-refractivity contribution in [3.05, 3.63) is 90.0 Å². The van der Waals surface area contributed by atoms with E-state index in [1.807, 2.05) is 18.2 Å². The summed E-state index contributed by atoms with van der Waals surface area (Å²) in [4.78, 5) is 0.116. The van der Waals surface area contributed by atoms with E-state index in [-0.39, 0.29) is 10.6 Å². The second-order valence-corrected chi connectivity index (χ2v) is 8.68. The van der Waals surface area contributed by atoms with E-state index >= 15 is 0 Å². The molecule has 0 aliphatic carbocycles. The number of para-hydroxylation sites is 1. The van der Waals surface area contributed by atoms with Crippen LogP contribution in [0.5, 0.6) is 5.75 Å². The lowest BCUT2D eigenvalue weighted by Gasteiger charge is -2.14. The van der Waals surface area contributed by atoms with Gasteiger partial charge in [0.25, 0.3) is 10.0 Å². The first-order valence-electron chi connectivity index (χ1n) is 10.2. The molecule has 0 unspecified atom stereocenters. The zero-order valence-electron chi connectivity index (χ0n) is 17.4. The predicted molar refractivity (Wildman–Crippen MR) is 123 cm³/mol. The molecule has 6 nitrogen and oxygen atoms in total. The number of rotatable bonds is 10. The Morgan fingerprint density at radius 1 is 0.935 bits per heavy atom. The molecule has 0 radical (unpaired) electrons. The fourth-order valence-corrected chi connectivity index (χ4v) is 4.18. The van der Waals surface area contributed by atoms with Gasteiger partial charge in [-0.2, -0.15) is 0 Å². The second kappa shape index (κ2) is 10.6. The molecule has 0 amide bonds. The van der Waals surface area contributed by atoms with E-state index < -0.39 is 10.0 Å². The number of nitrogens with one attached hydrogen (secondary N) is 1. The molecule has 0 bridgehead atoms. The molecule has 7 heteroatoms. The summed E-state index contributed by atoms with van der Waals surface area (Å²) >= 11 is 0. The molecule has 0 spiro atoms. The Balaban J connectivity index is 1.81. The monoisotopic (exact) mass is 438 g/mol. The molecule has 0 fully saturated rings. The van der Waals surface area contributed by atoms with Crippen molar-refractivity contribution in [3.8, 4) is 5.75 Å². The van der Waals surface area contributed by atoms with Crippen LogP contribution < -0.4 is 9.46 Å². The zero-order valence-corrected chi connectivity index (χ0v) is 18.2. The molecule has 0 aromatic heterocycles. The summed E-state index contributed by atoms with van der Waals surface area (Å²) in [6.07, 6.45) is 3.17. The summed E-state index contributed by atoms with van der Waals surface area (Å²) in [6, 6.07) is 22.2. The maximum absolute atomic E-state index is 13.0. The first kappa shape index (κ1) is 22.4. The van der Waals surface area contributed by atoms with E-state index in [9.17, 15) is 13.6 Å². The smallest absolute Gasteiger partial charge is 0.261 e. The van der Waals surface area contributed by atoms with Gasteiger partial charge in [-0.05, 0) is 36.8 Å². The summed E-state index contributed by atoms with van der Waals surface area (Å²) in [6.45, 7) is 2.73. The minimum Gasteiger partial charge on any atom is -0.494 e. The van der Waals surface area contributed by atoms with Crippen LogP contribution in [0.15, 0.2) is 88.9 Å². The first-order chi connectivity index (χ1) is 15.0. The Morgan fingerprint density at radius 2 is 1.61 bits per heavy atom. The van der Waals surface area contributed by atoms with Crippen LogP contribution in [0.25, 0.3) is 0 Å². The molecule has 0 aliphatic heterocycles. The lowest BCUT2D eigenvalue weighted by molar-refractivity contribution is 0.306. The van der Waals surface area contributed by atoms with Crippen molar-refractivity contribution in [3.63, 3.8) is 0 Å². The van der Waals surface area contributed by atoms with Crippen molar-refractivity contribution < 1.29 is 18.4 Å². The Labute approximate surface area is 183 Å². The fraction of sp³-hybridized carbons (Fsp3) is 0.208. The third-order valence-electron chi connectivity index (χ3n) is 4.72. The topological polar surface area (TPSA) is 88.0 Å². The number of hydrogen-bond donors (Lipinski definition) is 2. The van der Waals surface area contributed by atoms with Crippen molar-refractivity contribution in [2.24, 2.45) is 5.16 Å². The molecule has 3 aromatic carbocycles. The third-order valence-corrected chi connectivity index (χ3v) is 6.11. The summed E-state index contributed by atoms with van der Waals surface area (Å²) in [5, 5.41) is 13.0. The van der Waals surface area contributed by atoms with Crippen LogP contribution in [0.4, 0.5) is 5.69 Å². The highest BCUT2D eigenvalue weighted by atomic mass is 32.2. The number of hydrogen-bond acceptors (Lipinski definition) is 5. The van der Waals surface area contributed by atoms with Gasteiger partial charge in [0.05, 0.1) is 17.2 Å². The predicted octanol–water partition coefficient (Wildman–Crippen LogP) is 5.28. The van der Waals surface area contributed by atoms with E-state index in [4.69, 9.17) is 4.74 Å². The highest BCUT2D eigenvalue weighted by Gasteiger charge is 2.19. The molecule has 0 aliphatic rings. The van der Waals surface area contributed by atoms with Crippen molar-refractivity contribution >= 4 is 21.4 Å². The highest BCUT2D eigenvalue weighted by Crippen LogP contribution is 2.24. The molecular weight excluding hydrogens is 412 g/mol. The molecule has 31 heavy (non-hydrogen) atoms. The van der Waals surface area contributed by atoms with Gasteiger partial charge in [-0.3, -0.25) is 4.72 Å². The average molecular weight is 439 g/mol. The molecule has 2 N–H and O–H groups in total. The van der Waals surface area contributed by atoms with Crippen LogP contribution >= 0.6 is 0 Å². The van der Waals surface area contributed by atoms with Gasteiger partial charge < -0.3 is 9.94 Å². The maximum Gasteiger partial charge on any atom is 0.261 e. The summed E-state index contributed by atoms with van der Waals surface area (Å²) in [5.41, 5.74) is 1.73. The molecule has 3 rings (SSSR count). The van der Waals surface area contributed by atoms with Gasteiger partial charge in [0.2, 0.25) is 0 Å². The van der Waals surface area contributed by atoms with Crippen LogP contribution in [0.2, 0.25) is 0 Å². The molecule has 0 saturated carbocycles. The van der Waals surface area contributed by atoms with E-state index in [0.29, 0.717) is 29.2 Å². The minimum absolute atomic E-state index is 0.116. The second-order valence-electron chi connectivity index (χ2n) is 6.99. The number of nitrogens with zero attached hydrogens (tertiary/aromatic N) is 1. The number of ether oxygens (including phenoxy) is 1. The van der Waals surface area contributed by atoms with Crippen LogP contribution in [-0.2, 0) is 10.0 Å². The van der Waals surface area contributed by atoms with Crippen molar-refractivity contribution in [1.29, 1.82) is 0 Å². The van der Waals surface area contributed by atoms with E-state index in [1.165, 1.54) is 12.1 Å². The minimum atomic E-state index is -3.85. The summed E-state index contributed by atoms with van der Waals surface area (Å²) in [7, 11) is -3.85. The first-order valence-corrected chi connectivity index (χ1v) is 11.7. The molecule has 0 atom stereocenters.